The third kappa shape index (κ3) is 10.0. The Bertz CT molecular complexity index is 1480. The molecule has 0 aliphatic carbocycles. The molecule has 3 rings (SSSR count). The summed E-state index contributed by atoms with van der Waals surface area (Å²) in [6.45, 7) is 12.2. The van der Waals surface area contributed by atoms with Gasteiger partial charge in [-0.05, 0) is 75.1 Å². The zero-order valence-corrected chi connectivity index (χ0v) is 27.2. The van der Waals surface area contributed by atoms with Gasteiger partial charge in [-0.2, -0.15) is 5.26 Å². The topological polar surface area (TPSA) is 126 Å². The number of likely N-dealkylation sites (tertiary alicyclic amines) is 1. The molecule has 238 valence electrons. The molecule has 0 aromatic heterocycles. The van der Waals surface area contributed by atoms with E-state index in [9.17, 15) is 23.3 Å². The van der Waals surface area contributed by atoms with E-state index in [1.54, 1.807) is 60.4 Å². The van der Waals surface area contributed by atoms with E-state index >= 15 is 0 Å². The van der Waals surface area contributed by atoms with Crippen LogP contribution in [0.5, 0.6) is 5.75 Å². The van der Waals surface area contributed by atoms with Crippen LogP contribution in [0.3, 0.4) is 0 Å². The number of esters is 1. The largest absolute Gasteiger partial charge is 0.490 e. The zero-order chi connectivity index (χ0) is 32.5. The molecule has 0 radical (unpaired) electrons. The number of amides is 1. The molecule has 0 bridgehead atoms. The van der Waals surface area contributed by atoms with Crippen molar-refractivity contribution in [1.29, 1.82) is 5.26 Å². The van der Waals surface area contributed by atoms with Crippen molar-refractivity contribution in [2.24, 2.45) is 0 Å². The summed E-state index contributed by atoms with van der Waals surface area (Å²) in [5.41, 5.74) is 1.89. The van der Waals surface area contributed by atoms with Crippen LogP contribution in [0.15, 0.2) is 48.5 Å². The van der Waals surface area contributed by atoms with E-state index in [1.807, 2.05) is 40.7 Å². The number of piperidine rings is 1. The summed E-state index contributed by atoms with van der Waals surface area (Å²) in [6, 6.07) is 14.3. The van der Waals surface area contributed by atoms with Crippen LogP contribution in [-0.4, -0.2) is 69.1 Å². The second kappa shape index (κ2) is 15.1. The fraction of sp³-hybridized carbons (Fsp3) is 0.485. The molecular formula is C33H43N3O7S. The van der Waals surface area contributed by atoms with E-state index in [2.05, 4.69) is 6.07 Å². The van der Waals surface area contributed by atoms with Crippen molar-refractivity contribution in [2.75, 3.05) is 36.3 Å². The van der Waals surface area contributed by atoms with Crippen molar-refractivity contribution in [2.45, 2.75) is 72.0 Å². The molecule has 1 fully saturated rings. The van der Waals surface area contributed by atoms with Gasteiger partial charge >= 0.3 is 12.1 Å². The third-order valence-corrected chi connectivity index (χ3v) is 8.46. The molecule has 2 aromatic rings. The maximum atomic E-state index is 13.5. The fourth-order valence-corrected chi connectivity index (χ4v) is 6.00. The molecule has 1 saturated heterocycles. The molecule has 11 heteroatoms. The predicted octanol–water partition coefficient (Wildman–Crippen LogP) is 5.87. The first-order chi connectivity index (χ1) is 20.7. The lowest BCUT2D eigenvalue weighted by molar-refractivity contribution is -0.139. The smallest absolute Gasteiger partial charge is 0.410 e. The normalized spacial score (nSPS) is 14.4. The lowest BCUT2D eigenvalue weighted by atomic mass is 10.0. The van der Waals surface area contributed by atoms with E-state index in [4.69, 9.17) is 14.2 Å². The summed E-state index contributed by atoms with van der Waals surface area (Å²) >= 11 is 0. The van der Waals surface area contributed by atoms with E-state index in [-0.39, 0.29) is 31.3 Å². The Kier molecular flexibility index (Phi) is 11.8. The van der Waals surface area contributed by atoms with E-state index in [0.29, 0.717) is 42.9 Å². The van der Waals surface area contributed by atoms with Crippen LogP contribution in [0.25, 0.3) is 6.08 Å². The molecule has 10 nitrogen and oxygen atoms in total. The van der Waals surface area contributed by atoms with Gasteiger partial charge < -0.3 is 19.1 Å². The Morgan fingerprint density at radius 3 is 2.45 bits per heavy atom. The second-order valence-corrected chi connectivity index (χ2v) is 13.8. The first-order valence-corrected chi connectivity index (χ1v) is 16.4. The van der Waals surface area contributed by atoms with Crippen molar-refractivity contribution in [3.63, 3.8) is 0 Å². The lowest BCUT2D eigenvalue weighted by Crippen LogP contribution is -2.44. The molecule has 0 spiro atoms. The number of anilines is 1. The van der Waals surface area contributed by atoms with Gasteiger partial charge in [0.2, 0.25) is 10.0 Å². The van der Waals surface area contributed by atoms with Crippen LogP contribution in [0, 0.1) is 11.3 Å². The average molecular weight is 626 g/mol. The number of ether oxygens (including phenoxy) is 3. The first kappa shape index (κ1) is 34.5. The Morgan fingerprint density at radius 2 is 1.84 bits per heavy atom. The zero-order valence-electron chi connectivity index (χ0n) is 26.4. The Morgan fingerprint density at radius 1 is 1.14 bits per heavy atom. The van der Waals surface area contributed by atoms with Gasteiger partial charge in [0.05, 0.1) is 30.5 Å². The highest BCUT2D eigenvalue weighted by atomic mass is 32.2. The number of rotatable bonds is 11. The van der Waals surface area contributed by atoms with Crippen LogP contribution in [-0.2, 0) is 24.3 Å². The van der Waals surface area contributed by atoms with E-state index in [0.717, 1.165) is 11.1 Å². The maximum absolute atomic E-state index is 13.5. The molecule has 0 unspecified atom stereocenters. The fourth-order valence-electron chi connectivity index (χ4n) is 4.72. The molecule has 1 heterocycles. The summed E-state index contributed by atoms with van der Waals surface area (Å²) in [7, 11) is -4.11. The SMILES string of the molecule is CCOC(=O)CS(=O)(=O)N(C/C=C/c1cccc(C#N)c1)c1ccc(OC2CCN(C(=O)OC(C)(C)C)CC2)c(C(C)C)c1. The molecule has 1 aliphatic heterocycles. The number of carbonyl (C=O) groups excluding carboxylic acids is 2. The van der Waals surface area contributed by atoms with Gasteiger partial charge in [0.1, 0.15) is 17.5 Å². The van der Waals surface area contributed by atoms with Crippen molar-refractivity contribution in [3.8, 4) is 11.8 Å². The molecule has 1 aliphatic rings. The molecule has 2 aromatic carbocycles. The van der Waals surface area contributed by atoms with Gasteiger partial charge in [-0.15, -0.1) is 0 Å². The number of sulfonamides is 1. The van der Waals surface area contributed by atoms with Crippen LogP contribution in [0.1, 0.15) is 77.0 Å². The third-order valence-electron chi connectivity index (χ3n) is 6.83. The second-order valence-electron chi connectivity index (χ2n) is 11.9. The molecule has 0 N–H and O–H groups in total. The standard InChI is InChI=1S/C33H43N3O7S/c1-7-41-31(37)23-44(39,40)36(17-9-12-25-10-8-11-26(20-25)22-34)27-13-14-30(29(21-27)24(2)3)42-28-15-18-35(19-16-28)32(38)43-33(4,5)6/h8-14,20-21,24,28H,7,15-19,23H2,1-6H3/b12-9+. The Labute approximate surface area is 261 Å². The van der Waals surface area contributed by atoms with Crippen molar-refractivity contribution in [3.05, 3.63) is 65.2 Å². The Hall–Kier alpha value is -4.04. The number of hydrogen-bond donors (Lipinski definition) is 0. The average Bonchev–Trinajstić information content (AvgIpc) is 2.95. The number of carbonyl (C=O) groups is 2. The highest BCUT2D eigenvalue weighted by Gasteiger charge is 2.30. The van der Waals surface area contributed by atoms with Gasteiger partial charge in [0.15, 0.2) is 5.75 Å². The summed E-state index contributed by atoms with van der Waals surface area (Å²) in [6.07, 6.45) is 4.23. The summed E-state index contributed by atoms with van der Waals surface area (Å²) in [5.74, 6) is -0.980. The maximum Gasteiger partial charge on any atom is 0.410 e. The summed E-state index contributed by atoms with van der Waals surface area (Å²) in [4.78, 5) is 26.4. The molecule has 44 heavy (non-hydrogen) atoms. The minimum Gasteiger partial charge on any atom is -0.490 e. The first-order valence-electron chi connectivity index (χ1n) is 14.8. The van der Waals surface area contributed by atoms with Gasteiger partial charge in [0, 0.05) is 25.9 Å². The van der Waals surface area contributed by atoms with Crippen LogP contribution in [0.4, 0.5) is 10.5 Å². The highest BCUT2D eigenvalue weighted by Crippen LogP contribution is 2.34. The van der Waals surface area contributed by atoms with Gasteiger partial charge in [-0.1, -0.05) is 38.1 Å². The monoisotopic (exact) mass is 625 g/mol. The van der Waals surface area contributed by atoms with Crippen molar-refractivity contribution >= 4 is 33.8 Å². The minimum absolute atomic E-state index is 0.00526. The van der Waals surface area contributed by atoms with Crippen LogP contribution >= 0.6 is 0 Å². The number of nitriles is 1. The van der Waals surface area contributed by atoms with Gasteiger partial charge in [0.25, 0.3) is 0 Å². The van der Waals surface area contributed by atoms with Gasteiger partial charge in [-0.3, -0.25) is 9.10 Å². The predicted molar refractivity (Wildman–Crippen MR) is 170 cm³/mol. The van der Waals surface area contributed by atoms with Crippen LogP contribution in [0.2, 0.25) is 0 Å². The molecule has 0 atom stereocenters. The quantitative estimate of drug-likeness (QED) is 0.284. The van der Waals surface area contributed by atoms with Crippen LogP contribution < -0.4 is 9.04 Å². The minimum atomic E-state index is -4.11. The van der Waals surface area contributed by atoms with Crippen molar-refractivity contribution in [1.82, 2.24) is 4.90 Å². The molecule has 0 saturated carbocycles. The Balaban J connectivity index is 1.84. The molecule has 1 amide bonds. The molecular weight excluding hydrogens is 582 g/mol. The number of nitrogens with zero attached hydrogens (tertiary/aromatic N) is 3. The van der Waals surface area contributed by atoms with Gasteiger partial charge in [-0.25, -0.2) is 13.2 Å². The van der Waals surface area contributed by atoms with Crippen molar-refractivity contribution < 1.29 is 32.2 Å². The highest BCUT2D eigenvalue weighted by molar-refractivity contribution is 7.93. The lowest BCUT2D eigenvalue weighted by Gasteiger charge is -2.34. The van der Waals surface area contributed by atoms with E-state index in [1.165, 1.54) is 4.31 Å². The van der Waals surface area contributed by atoms with E-state index < -0.39 is 27.3 Å². The summed E-state index contributed by atoms with van der Waals surface area (Å²) in [5, 5.41) is 9.19. The summed E-state index contributed by atoms with van der Waals surface area (Å²) < 4.78 is 45.0. The number of benzene rings is 2. The number of hydrogen-bond acceptors (Lipinski definition) is 8.